The maximum absolute atomic E-state index is 5.53. The maximum atomic E-state index is 5.53. The van der Waals surface area contributed by atoms with Crippen LogP contribution >= 0.6 is 0 Å². The molecule has 0 aromatic heterocycles. The summed E-state index contributed by atoms with van der Waals surface area (Å²) in [7, 11) is 0. The molecule has 1 N–H and O–H groups in total. The van der Waals surface area contributed by atoms with Gasteiger partial charge in [-0.25, -0.2) is 0 Å². The van der Waals surface area contributed by atoms with Gasteiger partial charge in [-0.3, -0.25) is 0 Å². The summed E-state index contributed by atoms with van der Waals surface area (Å²) >= 11 is 0. The SMILES string of the molecule is CC(C)CCNc1ccc2c(c1)OCCO2. The average molecular weight is 221 g/mol. The molecule has 0 radical (unpaired) electrons. The number of anilines is 1. The topological polar surface area (TPSA) is 30.5 Å². The number of fused-ring (bicyclic) bond motifs is 1. The van der Waals surface area contributed by atoms with Gasteiger partial charge in [-0.05, 0) is 24.5 Å². The Balaban J connectivity index is 1.95. The Hall–Kier alpha value is -1.38. The van der Waals surface area contributed by atoms with Gasteiger partial charge >= 0.3 is 0 Å². The molecule has 0 bridgehead atoms. The van der Waals surface area contributed by atoms with E-state index in [4.69, 9.17) is 9.47 Å². The van der Waals surface area contributed by atoms with E-state index in [-0.39, 0.29) is 0 Å². The van der Waals surface area contributed by atoms with Crippen LogP contribution in [0.15, 0.2) is 18.2 Å². The first-order valence-corrected chi connectivity index (χ1v) is 5.89. The zero-order chi connectivity index (χ0) is 11.4. The molecule has 1 heterocycles. The maximum Gasteiger partial charge on any atom is 0.163 e. The first-order chi connectivity index (χ1) is 7.75. The van der Waals surface area contributed by atoms with Gasteiger partial charge in [-0.15, -0.1) is 0 Å². The normalized spacial score (nSPS) is 13.9. The van der Waals surface area contributed by atoms with E-state index >= 15 is 0 Å². The minimum absolute atomic E-state index is 0.641. The van der Waals surface area contributed by atoms with Gasteiger partial charge in [-0.1, -0.05) is 13.8 Å². The number of ether oxygens (including phenoxy) is 2. The number of hydrogen-bond donors (Lipinski definition) is 1. The molecule has 3 heteroatoms. The van der Waals surface area contributed by atoms with Crippen LogP contribution in [-0.2, 0) is 0 Å². The molecular formula is C13H19NO2. The van der Waals surface area contributed by atoms with Crippen molar-refractivity contribution >= 4 is 5.69 Å². The molecule has 1 aromatic carbocycles. The van der Waals surface area contributed by atoms with Crippen molar-refractivity contribution in [1.82, 2.24) is 0 Å². The first kappa shape index (κ1) is 11.1. The molecule has 0 atom stereocenters. The van der Waals surface area contributed by atoms with Crippen LogP contribution in [0.4, 0.5) is 5.69 Å². The van der Waals surface area contributed by atoms with E-state index in [1.807, 2.05) is 18.2 Å². The second-order valence-electron chi connectivity index (χ2n) is 4.47. The Kier molecular flexibility index (Phi) is 3.54. The van der Waals surface area contributed by atoms with Crippen LogP contribution in [-0.4, -0.2) is 19.8 Å². The summed E-state index contributed by atoms with van der Waals surface area (Å²) in [6.45, 7) is 6.74. The Morgan fingerprint density at radius 1 is 1.19 bits per heavy atom. The molecule has 0 unspecified atom stereocenters. The van der Waals surface area contributed by atoms with Crippen molar-refractivity contribution in [3.8, 4) is 11.5 Å². The lowest BCUT2D eigenvalue weighted by molar-refractivity contribution is 0.171. The van der Waals surface area contributed by atoms with Gasteiger partial charge in [0.15, 0.2) is 11.5 Å². The molecular weight excluding hydrogens is 202 g/mol. The molecule has 16 heavy (non-hydrogen) atoms. The molecule has 3 nitrogen and oxygen atoms in total. The molecule has 0 spiro atoms. The smallest absolute Gasteiger partial charge is 0.163 e. The van der Waals surface area contributed by atoms with Crippen LogP contribution in [0.3, 0.4) is 0 Å². The zero-order valence-corrected chi connectivity index (χ0v) is 9.95. The fourth-order valence-electron chi connectivity index (χ4n) is 1.66. The van der Waals surface area contributed by atoms with Crippen LogP contribution in [0.1, 0.15) is 20.3 Å². The van der Waals surface area contributed by atoms with Crippen LogP contribution < -0.4 is 14.8 Å². The van der Waals surface area contributed by atoms with Gasteiger partial charge in [0.1, 0.15) is 13.2 Å². The van der Waals surface area contributed by atoms with Gasteiger partial charge in [0.25, 0.3) is 0 Å². The number of rotatable bonds is 4. The number of nitrogens with one attached hydrogen (secondary N) is 1. The third-order valence-electron chi connectivity index (χ3n) is 2.59. The predicted molar refractivity (Wildman–Crippen MR) is 65.4 cm³/mol. The van der Waals surface area contributed by atoms with E-state index in [0.717, 1.165) is 29.6 Å². The molecule has 1 aliphatic rings. The highest BCUT2D eigenvalue weighted by atomic mass is 16.6. The van der Waals surface area contributed by atoms with E-state index in [0.29, 0.717) is 13.2 Å². The van der Waals surface area contributed by atoms with E-state index in [9.17, 15) is 0 Å². The van der Waals surface area contributed by atoms with Gasteiger partial charge < -0.3 is 14.8 Å². The first-order valence-electron chi connectivity index (χ1n) is 5.89. The molecule has 88 valence electrons. The molecule has 1 aromatic rings. The Labute approximate surface area is 96.8 Å². The summed E-state index contributed by atoms with van der Waals surface area (Å²) in [5.41, 5.74) is 1.10. The lowest BCUT2D eigenvalue weighted by Gasteiger charge is -2.19. The van der Waals surface area contributed by atoms with Crippen LogP contribution in [0.25, 0.3) is 0 Å². The molecule has 0 saturated carbocycles. The molecule has 0 fully saturated rings. The lowest BCUT2D eigenvalue weighted by Crippen LogP contribution is -2.15. The summed E-state index contributed by atoms with van der Waals surface area (Å²) in [6.07, 6.45) is 1.18. The van der Waals surface area contributed by atoms with Crippen molar-refractivity contribution in [2.24, 2.45) is 5.92 Å². The zero-order valence-electron chi connectivity index (χ0n) is 9.95. The second-order valence-corrected chi connectivity index (χ2v) is 4.47. The standard InChI is InChI=1S/C13H19NO2/c1-10(2)5-6-14-11-3-4-12-13(9-11)16-8-7-15-12/h3-4,9-10,14H,5-8H2,1-2H3. The van der Waals surface area contributed by atoms with Crippen molar-refractivity contribution < 1.29 is 9.47 Å². The van der Waals surface area contributed by atoms with Gasteiger partial charge in [0.2, 0.25) is 0 Å². The highest BCUT2D eigenvalue weighted by Gasteiger charge is 2.11. The number of hydrogen-bond acceptors (Lipinski definition) is 3. The second kappa shape index (κ2) is 5.10. The van der Waals surface area contributed by atoms with Crippen molar-refractivity contribution in [2.45, 2.75) is 20.3 Å². The quantitative estimate of drug-likeness (QED) is 0.848. The minimum Gasteiger partial charge on any atom is -0.486 e. The summed E-state index contributed by atoms with van der Waals surface area (Å²) < 4.78 is 11.0. The molecule has 0 amide bonds. The van der Waals surface area contributed by atoms with E-state index < -0.39 is 0 Å². The summed E-state index contributed by atoms with van der Waals surface area (Å²) in [6, 6.07) is 6.01. The van der Waals surface area contributed by atoms with Crippen LogP contribution in [0.5, 0.6) is 11.5 Å². The molecule has 2 rings (SSSR count). The number of benzene rings is 1. The van der Waals surface area contributed by atoms with Gasteiger partial charge in [0, 0.05) is 18.3 Å². The fraction of sp³-hybridized carbons (Fsp3) is 0.538. The van der Waals surface area contributed by atoms with Crippen LogP contribution in [0.2, 0.25) is 0 Å². The molecule has 1 aliphatic heterocycles. The van der Waals surface area contributed by atoms with Crippen molar-refractivity contribution in [2.75, 3.05) is 25.1 Å². The largest absolute Gasteiger partial charge is 0.486 e. The molecule has 0 saturated heterocycles. The average Bonchev–Trinajstić information content (AvgIpc) is 2.28. The summed E-state index contributed by atoms with van der Waals surface area (Å²) in [5, 5.41) is 3.39. The van der Waals surface area contributed by atoms with Crippen LogP contribution in [0, 0.1) is 5.92 Å². The van der Waals surface area contributed by atoms with Crippen molar-refractivity contribution in [1.29, 1.82) is 0 Å². The Morgan fingerprint density at radius 3 is 2.69 bits per heavy atom. The third kappa shape index (κ3) is 2.81. The van der Waals surface area contributed by atoms with Gasteiger partial charge in [-0.2, -0.15) is 0 Å². The van der Waals surface area contributed by atoms with E-state index in [2.05, 4.69) is 19.2 Å². The van der Waals surface area contributed by atoms with Crippen molar-refractivity contribution in [3.63, 3.8) is 0 Å². The monoisotopic (exact) mass is 221 g/mol. The van der Waals surface area contributed by atoms with E-state index in [1.54, 1.807) is 0 Å². The fourth-order valence-corrected chi connectivity index (χ4v) is 1.66. The highest BCUT2D eigenvalue weighted by Crippen LogP contribution is 2.32. The van der Waals surface area contributed by atoms with Gasteiger partial charge in [0.05, 0.1) is 0 Å². The van der Waals surface area contributed by atoms with Crippen molar-refractivity contribution in [3.05, 3.63) is 18.2 Å². The lowest BCUT2D eigenvalue weighted by atomic mass is 10.1. The third-order valence-corrected chi connectivity index (χ3v) is 2.59. The summed E-state index contributed by atoms with van der Waals surface area (Å²) in [4.78, 5) is 0. The van der Waals surface area contributed by atoms with E-state index in [1.165, 1.54) is 6.42 Å². The minimum atomic E-state index is 0.641. The highest BCUT2D eigenvalue weighted by molar-refractivity contribution is 5.55. The Morgan fingerprint density at radius 2 is 1.94 bits per heavy atom. The Bertz CT molecular complexity index is 350. The predicted octanol–water partition coefficient (Wildman–Crippen LogP) is 2.92. The summed E-state index contributed by atoms with van der Waals surface area (Å²) in [5.74, 6) is 2.42. The molecule has 0 aliphatic carbocycles.